The molecule has 1 unspecified atom stereocenters. The normalized spacial score (nSPS) is 16.1. The maximum absolute atomic E-state index is 13.5. The number of halogens is 2. The number of hydrogen-bond acceptors (Lipinski definition) is 4. The summed E-state index contributed by atoms with van der Waals surface area (Å²) in [6.07, 6.45) is 2.37. The number of nitrogens with one attached hydrogen (secondary N) is 2. The van der Waals surface area contributed by atoms with Gasteiger partial charge in [0.2, 0.25) is 0 Å². The molecule has 0 radical (unpaired) electrons. The number of benzene rings is 1. The second kappa shape index (κ2) is 13.1. The van der Waals surface area contributed by atoms with E-state index in [-0.39, 0.29) is 41.9 Å². The van der Waals surface area contributed by atoms with Gasteiger partial charge in [-0.2, -0.15) is 0 Å². The predicted molar refractivity (Wildman–Crippen MR) is 140 cm³/mol. The Labute approximate surface area is 209 Å². The summed E-state index contributed by atoms with van der Waals surface area (Å²) in [6, 6.07) is 7.12. The SMILES string of the molecule is CN=C(NCCC(C)N(C)C(=O)OC(C)(C)C)NC1CCN(c2cccc(F)c2)CC1.I. The molecule has 1 aliphatic rings. The summed E-state index contributed by atoms with van der Waals surface area (Å²) < 4.78 is 18.9. The number of aliphatic imine (C=N–C) groups is 1. The zero-order chi connectivity index (χ0) is 23.0. The minimum absolute atomic E-state index is 0. The van der Waals surface area contributed by atoms with Crippen molar-refractivity contribution in [2.45, 2.75) is 64.6 Å². The van der Waals surface area contributed by atoms with Crippen LogP contribution in [0.4, 0.5) is 14.9 Å². The molecule has 1 atom stereocenters. The number of rotatable bonds is 6. The highest BCUT2D eigenvalue weighted by molar-refractivity contribution is 14.0. The molecule has 0 saturated carbocycles. The van der Waals surface area contributed by atoms with Crippen LogP contribution in [0.5, 0.6) is 0 Å². The van der Waals surface area contributed by atoms with Gasteiger partial charge in [-0.25, -0.2) is 9.18 Å². The van der Waals surface area contributed by atoms with Crippen LogP contribution in [0.25, 0.3) is 0 Å². The number of anilines is 1. The van der Waals surface area contributed by atoms with Crippen molar-refractivity contribution in [3.05, 3.63) is 30.1 Å². The lowest BCUT2D eigenvalue weighted by Crippen LogP contribution is -2.49. The number of nitrogens with zero attached hydrogens (tertiary/aromatic N) is 3. The topological polar surface area (TPSA) is 69.2 Å². The number of amides is 1. The molecule has 0 spiro atoms. The summed E-state index contributed by atoms with van der Waals surface area (Å²) in [6.45, 7) is 10.0. The number of carbonyl (C=O) groups excluding carboxylic acids is 1. The van der Waals surface area contributed by atoms with Crippen molar-refractivity contribution in [1.29, 1.82) is 0 Å². The lowest BCUT2D eigenvalue weighted by atomic mass is 10.0. The molecule has 1 aliphatic heterocycles. The van der Waals surface area contributed by atoms with Crippen LogP contribution in [0.1, 0.15) is 47.0 Å². The third-order valence-electron chi connectivity index (χ3n) is 5.43. The van der Waals surface area contributed by atoms with E-state index in [0.717, 1.165) is 44.0 Å². The van der Waals surface area contributed by atoms with Crippen LogP contribution in [-0.4, -0.2) is 68.4 Å². The monoisotopic (exact) mass is 563 g/mol. The molecule has 2 N–H and O–H groups in total. The standard InChI is InChI=1S/C23H38FN5O2.HI/c1-17(28(6)22(30)31-23(2,3)4)10-13-26-21(25-5)27-19-11-14-29(15-12-19)20-9-7-8-18(24)16-20;/h7-9,16-17,19H,10-15H2,1-6H3,(H2,25,26,27);1H. The zero-order valence-corrected chi connectivity index (χ0v) is 22.5. The molecule has 1 aromatic rings. The molecule has 7 nitrogen and oxygen atoms in total. The van der Waals surface area contributed by atoms with Gasteiger partial charge in [-0.15, -0.1) is 24.0 Å². The smallest absolute Gasteiger partial charge is 0.410 e. The quantitative estimate of drug-likeness (QED) is 0.308. The van der Waals surface area contributed by atoms with Crippen LogP contribution in [0, 0.1) is 5.82 Å². The van der Waals surface area contributed by atoms with E-state index in [1.807, 2.05) is 33.8 Å². The van der Waals surface area contributed by atoms with E-state index in [0.29, 0.717) is 12.6 Å². The summed E-state index contributed by atoms with van der Waals surface area (Å²) in [5.74, 6) is 0.560. The summed E-state index contributed by atoms with van der Waals surface area (Å²) in [5, 5.41) is 6.82. The zero-order valence-electron chi connectivity index (χ0n) is 20.2. The fraction of sp³-hybridized carbons (Fsp3) is 0.652. The Hall–Kier alpha value is -1.78. The fourth-order valence-corrected chi connectivity index (χ4v) is 3.45. The summed E-state index contributed by atoms with van der Waals surface area (Å²) in [5.41, 5.74) is 0.434. The van der Waals surface area contributed by atoms with Gasteiger partial charge >= 0.3 is 6.09 Å². The van der Waals surface area contributed by atoms with Crippen molar-refractivity contribution in [3.63, 3.8) is 0 Å². The molecule has 1 fully saturated rings. The lowest BCUT2D eigenvalue weighted by molar-refractivity contribution is 0.0230. The average Bonchev–Trinajstić information content (AvgIpc) is 2.71. The predicted octanol–water partition coefficient (Wildman–Crippen LogP) is 4.22. The minimum atomic E-state index is -0.500. The molecule has 1 aromatic carbocycles. The molecule has 0 bridgehead atoms. The van der Waals surface area contributed by atoms with Crippen LogP contribution in [0.2, 0.25) is 0 Å². The maximum atomic E-state index is 13.5. The van der Waals surface area contributed by atoms with Crippen LogP contribution < -0.4 is 15.5 Å². The third-order valence-corrected chi connectivity index (χ3v) is 5.43. The van der Waals surface area contributed by atoms with Gasteiger partial charge in [0.05, 0.1) is 0 Å². The van der Waals surface area contributed by atoms with Gasteiger partial charge in [0.15, 0.2) is 5.96 Å². The fourth-order valence-electron chi connectivity index (χ4n) is 3.45. The number of carbonyl (C=O) groups is 1. The molecule has 2 rings (SSSR count). The van der Waals surface area contributed by atoms with Crippen molar-refractivity contribution in [3.8, 4) is 0 Å². The van der Waals surface area contributed by atoms with E-state index in [4.69, 9.17) is 4.74 Å². The average molecular weight is 564 g/mol. The van der Waals surface area contributed by atoms with E-state index in [1.165, 1.54) is 6.07 Å². The highest BCUT2D eigenvalue weighted by Crippen LogP contribution is 2.20. The molecule has 9 heteroatoms. The van der Waals surface area contributed by atoms with E-state index in [9.17, 15) is 9.18 Å². The van der Waals surface area contributed by atoms with Crippen molar-refractivity contribution in [2.24, 2.45) is 4.99 Å². The maximum Gasteiger partial charge on any atom is 0.410 e. The molecule has 182 valence electrons. The Kier molecular flexibility index (Phi) is 11.5. The number of guanidine groups is 1. The van der Waals surface area contributed by atoms with Crippen molar-refractivity contribution in [2.75, 3.05) is 38.6 Å². The van der Waals surface area contributed by atoms with Gasteiger partial charge in [0.1, 0.15) is 11.4 Å². The molecule has 1 amide bonds. The first-order valence-corrected chi connectivity index (χ1v) is 11.0. The van der Waals surface area contributed by atoms with Gasteiger partial charge < -0.3 is 25.2 Å². The number of ether oxygens (including phenoxy) is 1. The minimum Gasteiger partial charge on any atom is -0.444 e. The summed E-state index contributed by atoms with van der Waals surface area (Å²) >= 11 is 0. The largest absolute Gasteiger partial charge is 0.444 e. The van der Waals surface area contributed by atoms with Crippen LogP contribution in [0.15, 0.2) is 29.3 Å². The Morgan fingerprint density at radius 2 is 2.00 bits per heavy atom. The first-order valence-electron chi connectivity index (χ1n) is 11.0. The summed E-state index contributed by atoms with van der Waals surface area (Å²) in [7, 11) is 3.52. The van der Waals surface area contributed by atoms with Gasteiger partial charge in [0.25, 0.3) is 0 Å². The molecular formula is C23H39FIN5O2. The third kappa shape index (κ3) is 9.38. The Balaban J connectivity index is 0.00000512. The lowest BCUT2D eigenvalue weighted by Gasteiger charge is -2.34. The Bertz CT molecular complexity index is 748. The van der Waals surface area contributed by atoms with Gasteiger partial charge in [-0.3, -0.25) is 4.99 Å². The Morgan fingerprint density at radius 1 is 1.34 bits per heavy atom. The van der Waals surface area contributed by atoms with E-state index >= 15 is 0 Å². The second-order valence-corrected chi connectivity index (χ2v) is 9.11. The highest BCUT2D eigenvalue weighted by Gasteiger charge is 2.23. The van der Waals surface area contributed by atoms with Crippen LogP contribution >= 0.6 is 24.0 Å². The van der Waals surface area contributed by atoms with E-state index in [1.54, 1.807) is 31.1 Å². The van der Waals surface area contributed by atoms with Crippen molar-refractivity contribution >= 4 is 41.7 Å². The van der Waals surface area contributed by atoms with Crippen molar-refractivity contribution in [1.82, 2.24) is 15.5 Å². The van der Waals surface area contributed by atoms with E-state index in [2.05, 4.69) is 20.5 Å². The van der Waals surface area contributed by atoms with Crippen LogP contribution in [0.3, 0.4) is 0 Å². The molecular weight excluding hydrogens is 524 g/mol. The Morgan fingerprint density at radius 3 is 2.56 bits per heavy atom. The number of piperidine rings is 1. The molecule has 0 aliphatic carbocycles. The second-order valence-electron chi connectivity index (χ2n) is 9.11. The first-order chi connectivity index (χ1) is 14.6. The molecule has 1 heterocycles. The van der Waals surface area contributed by atoms with Crippen molar-refractivity contribution < 1.29 is 13.9 Å². The molecule has 32 heavy (non-hydrogen) atoms. The highest BCUT2D eigenvalue weighted by atomic mass is 127. The molecule has 1 saturated heterocycles. The van der Waals surface area contributed by atoms with Gasteiger partial charge in [0, 0.05) is 51.5 Å². The first kappa shape index (κ1) is 28.3. The summed E-state index contributed by atoms with van der Waals surface area (Å²) in [4.78, 5) is 20.4. The van der Waals surface area contributed by atoms with Gasteiger partial charge in [-0.05, 0) is 65.2 Å². The molecule has 0 aromatic heterocycles. The van der Waals surface area contributed by atoms with E-state index < -0.39 is 5.60 Å². The number of hydrogen-bond donors (Lipinski definition) is 2. The van der Waals surface area contributed by atoms with Gasteiger partial charge in [-0.1, -0.05) is 6.07 Å². The van der Waals surface area contributed by atoms with Crippen LogP contribution in [-0.2, 0) is 4.74 Å².